The number of benzene rings is 2. The van der Waals surface area contributed by atoms with Crippen LogP contribution in [0.5, 0.6) is 0 Å². The molecule has 0 bridgehead atoms. The third-order valence-electron chi connectivity index (χ3n) is 3.00. The Hall–Kier alpha value is -1.72. The molecule has 0 fully saturated rings. The van der Waals surface area contributed by atoms with Crippen LogP contribution in [0.2, 0.25) is 5.02 Å². The molecule has 3 N–H and O–H groups in total. The van der Waals surface area contributed by atoms with E-state index in [0.29, 0.717) is 11.3 Å². The predicted octanol–water partition coefficient (Wildman–Crippen LogP) is 4.53. The lowest BCUT2D eigenvalue weighted by Gasteiger charge is -2.19. The Kier molecular flexibility index (Phi) is 5.09. The van der Waals surface area contributed by atoms with Gasteiger partial charge in [-0.15, -0.1) is 0 Å². The van der Waals surface area contributed by atoms with Gasteiger partial charge in [0.05, 0.1) is 6.04 Å². The molecule has 0 aliphatic heterocycles. The zero-order chi connectivity index (χ0) is 15.4. The zero-order valence-corrected chi connectivity index (χ0v) is 11.7. The Balaban J connectivity index is 2.25. The van der Waals surface area contributed by atoms with Crippen LogP contribution in [0, 0.1) is 5.82 Å². The highest BCUT2D eigenvalue weighted by atomic mass is 35.5. The zero-order valence-electron chi connectivity index (χ0n) is 11.0. The van der Waals surface area contributed by atoms with Crippen LogP contribution in [0.15, 0.2) is 42.5 Å². The molecule has 0 spiro atoms. The molecule has 112 valence electrons. The van der Waals surface area contributed by atoms with Crippen LogP contribution in [0.3, 0.4) is 0 Å². The van der Waals surface area contributed by atoms with Gasteiger partial charge in [0, 0.05) is 22.8 Å². The molecule has 0 aromatic heterocycles. The van der Waals surface area contributed by atoms with Crippen molar-refractivity contribution >= 4 is 17.3 Å². The summed E-state index contributed by atoms with van der Waals surface area (Å²) >= 11 is 5.78. The van der Waals surface area contributed by atoms with E-state index in [1.807, 2.05) is 0 Å². The van der Waals surface area contributed by atoms with Crippen molar-refractivity contribution in [1.29, 1.82) is 0 Å². The van der Waals surface area contributed by atoms with Gasteiger partial charge in [-0.25, -0.2) is 13.2 Å². The van der Waals surface area contributed by atoms with E-state index < -0.39 is 18.3 Å². The molecule has 21 heavy (non-hydrogen) atoms. The van der Waals surface area contributed by atoms with Gasteiger partial charge in [-0.3, -0.25) is 0 Å². The second-order valence-electron chi connectivity index (χ2n) is 4.56. The first-order chi connectivity index (χ1) is 9.99. The summed E-state index contributed by atoms with van der Waals surface area (Å²) in [5.74, 6) is -0.484. The first-order valence-corrected chi connectivity index (χ1v) is 6.68. The van der Waals surface area contributed by atoms with E-state index in [9.17, 15) is 13.2 Å². The second-order valence-corrected chi connectivity index (χ2v) is 5.00. The number of nitrogens with two attached hydrogens (primary N) is 1. The lowest BCUT2D eigenvalue weighted by Crippen LogP contribution is -2.20. The molecule has 2 aromatic rings. The van der Waals surface area contributed by atoms with Gasteiger partial charge in [0.1, 0.15) is 5.82 Å². The summed E-state index contributed by atoms with van der Waals surface area (Å²) < 4.78 is 38.8. The van der Waals surface area contributed by atoms with Crippen molar-refractivity contribution in [2.75, 3.05) is 11.9 Å². The first-order valence-electron chi connectivity index (χ1n) is 6.30. The fourth-order valence-electron chi connectivity index (χ4n) is 2.03. The van der Waals surface area contributed by atoms with Gasteiger partial charge >= 0.3 is 0 Å². The maximum absolute atomic E-state index is 13.3. The fraction of sp³-hybridized carbons (Fsp3) is 0.200. The molecule has 1 unspecified atom stereocenters. The topological polar surface area (TPSA) is 38.0 Å². The Morgan fingerprint density at radius 1 is 1.10 bits per heavy atom. The van der Waals surface area contributed by atoms with Crippen molar-refractivity contribution in [2.24, 2.45) is 5.73 Å². The molecule has 0 aliphatic rings. The number of nitrogens with one attached hydrogen (secondary N) is 1. The molecular formula is C15H14ClF3N2. The number of alkyl halides is 2. The molecule has 0 heterocycles. The first kappa shape index (κ1) is 15.7. The normalized spacial score (nSPS) is 12.5. The maximum atomic E-state index is 13.3. The standard InChI is InChI=1S/C15H14ClF3N2/c16-11-5-12(17)7-13(6-11)21-14(8-20)9-2-1-3-10(4-9)15(18)19/h1-7,14-15,21H,8,20H2. The minimum Gasteiger partial charge on any atom is -0.377 e. The predicted molar refractivity (Wildman–Crippen MR) is 78.2 cm³/mol. The highest BCUT2D eigenvalue weighted by molar-refractivity contribution is 6.30. The third kappa shape index (κ3) is 4.12. The Bertz CT molecular complexity index is 599. The highest BCUT2D eigenvalue weighted by Crippen LogP contribution is 2.26. The average Bonchev–Trinajstić information content (AvgIpc) is 2.44. The van der Waals surface area contributed by atoms with Crippen LogP contribution in [-0.2, 0) is 0 Å². The lowest BCUT2D eigenvalue weighted by molar-refractivity contribution is 0.151. The van der Waals surface area contributed by atoms with Gasteiger partial charge in [-0.1, -0.05) is 29.8 Å². The van der Waals surface area contributed by atoms with Gasteiger partial charge in [0.15, 0.2) is 0 Å². The van der Waals surface area contributed by atoms with Crippen LogP contribution in [0.4, 0.5) is 18.9 Å². The number of rotatable bonds is 5. The number of halogens is 4. The van der Waals surface area contributed by atoms with Crippen LogP contribution in [0.1, 0.15) is 23.6 Å². The van der Waals surface area contributed by atoms with Crippen LogP contribution in [0.25, 0.3) is 0 Å². The van der Waals surface area contributed by atoms with E-state index in [4.69, 9.17) is 17.3 Å². The van der Waals surface area contributed by atoms with Gasteiger partial charge in [-0.05, 0) is 29.8 Å². The Morgan fingerprint density at radius 3 is 2.43 bits per heavy atom. The summed E-state index contributed by atoms with van der Waals surface area (Å²) in [6, 6.07) is 9.55. The van der Waals surface area contributed by atoms with E-state index in [-0.39, 0.29) is 17.1 Å². The second kappa shape index (κ2) is 6.83. The summed E-state index contributed by atoms with van der Waals surface area (Å²) in [5, 5.41) is 3.24. The van der Waals surface area contributed by atoms with Crippen LogP contribution < -0.4 is 11.1 Å². The Morgan fingerprint density at radius 2 is 1.81 bits per heavy atom. The minimum atomic E-state index is -2.55. The summed E-state index contributed by atoms with van der Waals surface area (Å²) in [4.78, 5) is 0. The van der Waals surface area contributed by atoms with E-state index in [2.05, 4.69) is 5.32 Å². The molecule has 2 aromatic carbocycles. The highest BCUT2D eigenvalue weighted by Gasteiger charge is 2.14. The fourth-order valence-corrected chi connectivity index (χ4v) is 2.25. The van der Waals surface area contributed by atoms with Gasteiger partial charge < -0.3 is 11.1 Å². The van der Waals surface area contributed by atoms with E-state index in [1.165, 1.54) is 24.3 Å². The summed E-state index contributed by atoms with van der Waals surface area (Å²) in [5.41, 5.74) is 6.65. The van der Waals surface area contributed by atoms with Crippen molar-refractivity contribution in [3.8, 4) is 0 Å². The van der Waals surface area contributed by atoms with E-state index in [0.717, 1.165) is 0 Å². The van der Waals surface area contributed by atoms with Gasteiger partial charge in [-0.2, -0.15) is 0 Å². The summed E-state index contributed by atoms with van der Waals surface area (Å²) in [6.07, 6.45) is -2.55. The Labute approximate surface area is 125 Å². The molecule has 0 aliphatic carbocycles. The van der Waals surface area contributed by atoms with Crippen molar-refractivity contribution < 1.29 is 13.2 Å². The van der Waals surface area contributed by atoms with E-state index >= 15 is 0 Å². The van der Waals surface area contributed by atoms with Crippen molar-refractivity contribution in [3.63, 3.8) is 0 Å². The molecule has 2 nitrogen and oxygen atoms in total. The van der Waals surface area contributed by atoms with Crippen molar-refractivity contribution in [3.05, 3.63) is 64.4 Å². The molecule has 1 atom stereocenters. The SMILES string of the molecule is NCC(Nc1cc(F)cc(Cl)c1)c1cccc(C(F)F)c1. The smallest absolute Gasteiger partial charge is 0.263 e. The summed E-state index contributed by atoms with van der Waals surface area (Å²) in [7, 11) is 0. The number of hydrogen-bond donors (Lipinski definition) is 2. The molecular weight excluding hydrogens is 301 g/mol. The maximum Gasteiger partial charge on any atom is 0.263 e. The average molecular weight is 315 g/mol. The number of hydrogen-bond acceptors (Lipinski definition) is 2. The molecule has 0 saturated heterocycles. The van der Waals surface area contributed by atoms with Crippen LogP contribution in [-0.4, -0.2) is 6.54 Å². The molecule has 2 rings (SSSR count). The molecule has 6 heteroatoms. The van der Waals surface area contributed by atoms with E-state index in [1.54, 1.807) is 18.2 Å². The quantitative estimate of drug-likeness (QED) is 0.851. The molecule has 0 saturated carbocycles. The largest absolute Gasteiger partial charge is 0.377 e. The van der Waals surface area contributed by atoms with Crippen molar-refractivity contribution in [2.45, 2.75) is 12.5 Å². The van der Waals surface area contributed by atoms with Crippen molar-refractivity contribution in [1.82, 2.24) is 0 Å². The molecule has 0 amide bonds. The van der Waals surface area contributed by atoms with Gasteiger partial charge in [0.2, 0.25) is 0 Å². The molecule has 0 radical (unpaired) electrons. The summed E-state index contributed by atoms with van der Waals surface area (Å²) in [6.45, 7) is 0.167. The minimum absolute atomic E-state index is 0.0787. The monoisotopic (exact) mass is 314 g/mol. The van der Waals surface area contributed by atoms with Crippen LogP contribution >= 0.6 is 11.6 Å². The number of anilines is 1. The lowest BCUT2D eigenvalue weighted by atomic mass is 10.0. The van der Waals surface area contributed by atoms with Gasteiger partial charge in [0.25, 0.3) is 6.43 Å². The third-order valence-corrected chi connectivity index (χ3v) is 3.22.